The zero-order chi connectivity index (χ0) is 9.84. The van der Waals surface area contributed by atoms with Crippen molar-refractivity contribution in [1.29, 1.82) is 0 Å². The van der Waals surface area contributed by atoms with Crippen LogP contribution in [-0.2, 0) is 7.05 Å². The molecule has 5 nitrogen and oxygen atoms in total. The van der Waals surface area contributed by atoms with Gasteiger partial charge in [-0.25, -0.2) is 0 Å². The van der Waals surface area contributed by atoms with Gasteiger partial charge in [0.15, 0.2) is 0 Å². The number of aryl methyl sites for hydroxylation is 1. The highest BCUT2D eigenvalue weighted by atomic mass is 16.3. The van der Waals surface area contributed by atoms with Crippen LogP contribution in [0.15, 0.2) is 12.4 Å². The van der Waals surface area contributed by atoms with Gasteiger partial charge < -0.3 is 15.9 Å². The molecule has 1 rings (SSSR count). The van der Waals surface area contributed by atoms with Crippen LogP contribution in [0, 0.1) is 0 Å². The van der Waals surface area contributed by atoms with Gasteiger partial charge in [0.25, 0.3) is 0 Å². The van der Waals surface area contributed by atoms with Gasteiger partial charge in [-0.3, -0.25) is 4.68 Å². The van der Waals surface area contributed by atoms with Crippen LogP contribution in [0.3, 0.4) is 0 Å². The van der Waals surface area contributed by atoms with E-state index in [1.54, 1.807) is 17.9 Å². The van der Waals surface area contributed by atoms with Crippen LogP contribution in [0.4, 0.5) is 0 Å². The van der Waals surface area contributed by atoms with Gasteiger partial charge in [-0.1, -0.05) is 0 Å². The first-order valence-electron chi connectivity index (χ1n) is 4.20. The summed E-state index contributed by atoms with van der Waals surface area (Å²) < 4.78 is 1.58. The number of rotatable bonds is 4. The van der Waals surface area contributed by atoms with Crippen molar-refractivity contribution >= 4 is 0 Å². The molecule has 4 N–H and O–H groups in total. The highest BCUT2D eigenvalue weighted by molar-refractivity contribution is 5.09. The van der Waals surface area contributed by atoms with E-state index in [0.717, 1.165) is 0 Å². The Bertz CT molecular complexity index is 262. The molecule has 0 aliphatic rings. The van der Waals surface area contributed by atoms with Crippen LogP contribution in [0.25, 0.3) is 0 Å². The molecule has 0 bridgehead atoms. The Labute approximate surface area is 76.8 Å². The lowest BCUT2D eigenvalue weighted by Gasteiger charge is -2.14. The predicted octanol–water partition coefficient (Wildman–Crippen LogP) is -0.837. The van der Waals surface area contributed by atoms with E-state index >= 15 is 0 Å². The molecule has 74 valence electrons. The lowest BCUT2D eigenvalue weighted by molar-refractivity contribution is 0.0150. The third-order valence-corrected chi connectivity index (χ3v) is 1.89. The Morgan fingerprint density at radius 1 is 1.62 bits per heavy atom. The van der Waals surface area contributed by atoms with E-state index in [1.165, 1.54) is 6.20 Å². The predicted molar refractivity (Wildman–Crippen MR) is 47.8 cm³/mol. The molecule has 0 aliphatic carbocycles. The maximum absolute atomic E-state index is 9.57. The first-order chi connectivity index (χ1) is 6.15. The second-order valence-electron chi connectivity index (χ2n) is 3.04. The molecule has 1 heterocycles. The Kier molecular flexibility index (Phi) is 3.41. The minimum atomic E-state index is -0.891. The summed E-state index contributed by atoms with van der Waals surface area (Å²) in [6, 6.07) is 0. The lowest BCUT2D eigenvalue weighted by atomic mass is 10.1. The summed E-state index contributed by atoms with van der Waals surface area (Å²) in [6.45, 7) is 0.360. The minimum Gasteiger partial charge on any atom is -0.390 e. The molecule has 0 saturated carbocycles. The van der Waals surface area contributed by atoms with E-state index in [0.29, 0.717) is 18.5 Å². The molecule has 0 fully saturated rings. The molecule has 0 amide bonds. The largest absolute Gasteiger partial charge is 0.390 e. The quantitative estimate of drug-likeness (QED) is 0.571. The number of aliphatic hydroxyl groups is 2. The normalized spacial score (nSPS) is 15.7. The second kappa shape index (κ2) is 4.36. The molecule has 0 spiro atoms. The second-order valence-corrected chi connectivity index (χ2v) is 3.04. The molecular formula is C8H15N3O2. The topological polar surface area (TPSA) is 84.3 Å². The van der Waals surface area contributed by atoms with Crippen LogP contribution in [0.2, 0.25) is 0 Å². The summed E-state index contributed by atoms with van der Waals surface area (Å²) in [5.41, 5.74) is 5.87. The van der Waals surface area contributed by atoms with Crippen LogP contribution in [0.1, 0.15) is 18.1 Å². The molecule has 0 aliphatic heterocycles. The molecule has 0 aromatic carbocycles. The standard InChI is InChI=1S/C8H15N3O2/c1-11-5-6(4-10-11)8(13)7(12)2-3-9/h4-5,7-8,12-13H,2-3,9H2,1H3. The Morgan fingerprint density at radius 3 is 2.77 bits per heavy atom. The van der Waals surface area contributed by atoms with Gasteiger partial charge in [-0.05, 0) is 13.0 Å². The van der Waals surface area contributed by atoms with Crippen molar-refractivity contribution in [3.63, 3.8) is 0 Å². The highest BCUT2D eigenvalue weighted by Gasteiger charge is 2.18. The summed E-state index contributed by atoms with van der Waals surface area (Å²) in [5.74, 6) is 0. The van der Waals surface area contributed by atoms with Gasteiger partial charge in [0.1, 0.15) is 6.10 Å². The maximum Gasteiger partial charge on any atom is 0.108 e. The average Bonchev–Trinajstić information content (AvgIpc) is 2.51. The third-order valence-electron chi connectivity index (χ3n) is 1.89. The van der Waals surface area contributed by atoms with E-state index < -0.39 is 12.2 Å². The van der Waals surface area contributed by atoms with E-state index in [-0.39, 0.29) is 0 Å². The van der Waals surface area contributed by atoms with E-state index in [4.69, 9.17) is 5.73 Å². The minimum absolute atomic E-state index is 0.360. The van der Waals surface area contributed by atoms with E-state index in [2.05, 4.69) is 5.10 Å². The van der Waals surface area contributed by atoms with Crippen molar-refractivity contribution in [3.05, 3.63) is 18.0 Å². The van der Waals surface area contributed by atoms with Crippen LogP contribution in [-0.4, -0.2) is 32.6 Å². The summed E-state index contributed by atoms with van der Waals surface area (Å²) in [5, 5.41) is 22.9. The number of nitrogens with two attached hydrogens (primary N) is 1. The SMILES string of the molecule is Cn1cc(C(O)C(O)CCN)cn1. The summed E-state index contributed by atoms with van der Waals surface area (Å²) in [7, 11) is 1.76. The molecule has 2 unspecified atom stereocenters. The van der Waals surface area contributed by atoms with Gasteiger partial charge in [0, 0.05) is 18.8 Å². The molecule has 1 aromatic heterocycles. The number of hydrogen-bond donors (Lipinski definition) is 3. The maximum atomic E-state index is 9.57. The molecule has 0 saturated heterocycles. The summed E-state index contributed by atoms with van der Waals surface area (Å²) in [6.07, 6.45) is 1.89. The lowest BCUT2D eigenvalue weighted by Crippen LogP contribution is -2.21. The van der Waals surface area contributed by atoms with Crippen molar-refractivity contribution < 1.29 is 10.2 Å². The number of nitrogens with zero attached hydrogens (tertiary/aromatic N) is 2. The first kappa shape index (κ1) is 10.2. The molecule has 13 heavy (non-hydrogen) atoms. The smallest absolute Gasteiger partial charge is 0.108 e. The van der Waals surface area contributed by atoms with Crippen molar-refractivity contribution in [1.82, 2.24) is 9.78 Å². The third kappa shape index (κ3) is 2.51. The van der Waals surface area contributed by atoms with Gasteiger partial charge in [-0.2, -0.15) is 5.10 Å². The zero-order valence-electron chi connectivity index (χ0n) is 7.59. The number of aromatic nitrogens is 2. The summed E-state index contributed by atoms with van der Waals surface area (Å²) in [4.78, 5) is 0. The van der Waals surface area contributed by atoms with E-state index in [1.807, 2.05) is 0 Å². The highest BCUT2D eigenvalue weighted by Crippen LogP contribution is 2.17. The number of hydrogen-bond acceptors (Lipinski definition) is 4. The van der Waals surface area contributed by atoms with Gasteiger partial charge in [-0.15, -0.1) is 0 Å². The molecule has 2 atom stereocenters. The monoisotopic (exact) mass is 185 g/mol. The van der Waals surface area contributed by atoms with Gasteiger partial charge in [0.05, 0.1) is 12.3 Å². The van der Waals surface area contributed by atoms with Crippen molar-refractivity contribution in [2.24, 2.45) is 12.8 Å². The van der Waals surface area contributed by atoms with Crippen LogP contribution >= 0.6 is 0 Å². The molecule has 1 aromatic rings. The zero-order valence-corrected chi connectivity index (χ0v) is 7.59. The summed E-state index contributed by atoms with van der Waals surface area (Å²) >= 11 is 0. The van der Waals surface area contributed by atoms with Crippen LogP contribution < -0.4 is 5.73 Å². The van der Waals surface area contributed by atoms with Crippen molar-refractivity contribution in [2.45, 2.75) is 18.6 Å². The van der Waals surface area contributed by atoms with Crippen molar-refractivity contribution in [3.8, 4) is 0 Å². The van der Waals surface area contributed by atoms with Crippen molar-refractivity contribution in [2.75, 3.05) is 6.54 Å². The van der Waals surface area contributed by atoms with E-state index in [9.17, 15) is 10.2 Å². The molecule has 0 radical (unpaired) electrons. The molecule has 5 heteroatoms. The van der Waals surface area contributed by atoms with Gasteiger partial charge in [0.2, 0.25) is 0 Å². The number of aliphatic hydroxyl groups excluding tert-OH is 2. The van der Waals surface area contributed by atoms with Gasteiger partial charge >= 0.3 is 0 Å². The fourth-order valence-corrected chi connectivity index (χ4v) is 1.14. The Balaban J connectivity index is 2.61. The Morgan fingerprint density at radius 2 is 2.31 bits per heavy atom. The fourth-order valence-electron chi connectivity index (χ4n) is 1.14. The molecular weight excluding hydrogens is 170 g/mol. The fraction of sp³-hybridized carbons (Fsp3) is 0.625. The van der Waals surface area contributed by atoms with Crippen LogP contribution in [0.5, 0.6) is 0 Å². The average molecular weight is 185 g/mol. The first-order valence-corrected chi connectivity index (χ1v) is 4.20. The Hall–Kier alpha value is -0.910.